The Kier molecular flexibility index (Phi) is 10.4. The van der Waals surface area contributed by atoms with Crippen LogP contribution in [0.1, 0.15) is 45.4 Å². The molecule has 1 rings (SSSR count). The zero-order valence-corrected chi connectivity index (χ0v) is 17.5. The number of unbranched alkanes of at least 4 members (excludes halogenated alkanes) is 5. The van der Waals surface area contributed by atoms with Crippen molar-refractivity contribution in [2.45, 2.75) is 49.9 Å². The van der Waals surface area contributed by atoms with Gasteiger partial charge in [0.15, 0.2) is 0 Å². The number of hydrogen-bond donors (Lipinski definition) is 0. The molecule has 140 valence electrons. The Hall–Kier alpha value is -0.260. The molecule has 0 N–H and O–H groups in total. The molecule has 0 aliphatic heterocycles. The number of ether oxygens (including phenoxy) is 1. The fourth-order valence-corrected chi connectivity index (χ4v) is 3.00. The number of alkyl halides is 2. The van der Waals surface area contributed by atoms with E-state index in [9.17, 15) is 4.79 Å². The highest BCUT2D eigenvalue weighted by Crippen LogP contribution is 2.37. The third kappa shape index (κ3) is 8.31. The van der Waals surface area contributed by atoms with Crippen LogP contribution in [-0.2, 0) is 9.53 Å². The van der Waals surface area contributed by atoms with Gasteiger partial charge in [0.1, 0.15) is 5.69 Å². The van der Waals surface area contributed by atoms with Gasteiger partial charge in [-0.15, -0.1) is 10.2 Å². The number of carbonyl (C=O) groups is 1. The summed E-state index contributed by atoms with van der Waals surface area (Å²) in [6.07, 6.45) is 6.39. The summed E-state index contributed by atoms with van der Waals surface area (Å²) in [6, 6.07) is 2.87. The SMILES string of the molecule is CCCCCCCCOC(=O)C(Cl)(Cl)/N=N/c1c(Cl)cc(Cl)cc1Cl. The molecule has 25 heavy (non-hydrogen) atoms. The molecule has 0 aliphatic rings. The largest absolute Gasteiger partial charge is 0.462 e. The summed E-state index contributed by atoms with van der Waals surface area (Å²) in [6.45, 7) is 2.38. The zero-order valence-electron chi connectivity index (χ0n) is 13.7. The first-order chi connectivity index (χ1) is 11.8. The van der Waals surface area contributed by atoms with E-state index in [1.54, 1.807) is 0 Å². The Morgan fingerprint density at radius 2 is 1.60 bits per heavy atom. The van der Waals surface area contributed by atoms with Gasteiger partial charge in [0.05, 0.1) is 16.7 Å². The summed E-state index contributed by atoms with van der Waals surface area (Å²) in [7, 11) is 0. The maximum atomic E-state index is 11.9. The van der Waals surface area contributed by atoms with Gasteiger partial charge >= 0.3 is 10.4 Å². The highest BCUT2D eigenvalue weighted by atomic mass is 35.5. The molecule has 1 aromatic rings. The molecule has 0 unspecified atom stereocenters. The van der Waals surface area contributed by atoms with Crippen LogP contribution < -0.4 is 0 Å². The lowest BCUT2D eigenvalue weighted by molar-refractivity contribution is -0.144. The Morgan fingerprint density at radius 3 is 2.20 bits per heavy atom. The maximum Gasteiger partial charge on any atom is 0.367 e. The molecular formula is C16H19Cl5N2O2. The lowest BCUT2D eigenvalue weighted by atomic mass is 10.1. The van der Waals surface area contributed by atoms with Crippen molar-refractivity contribution < 1.29 is 9.53 Å². The van der Waals surface area contributed by atoms with Gasteiger partial charge in [-0.2, -0.15) is 0 Å². The summed E-state index contributed by atoms with van der Waals surface area (Å²) < 4.78 is 2.87. The van der Waals surface area contributed by atoms with Gasteiger partial charge in [-0.1, -0.05) is 97.0 Å². The number of hydrogen-bond acceptors (Lipinski definition) is 4. The van der Waals surface area contributed by atoms with Crippen LogP contribution in [0.5, 0.6) is 0 Å². The van der Waals surface area contributed by atoms with E-state index in [0.717, 1.165) is 19.3 Å². The first-order valence-electron chi connectivity index (χ1n) is 7.90. The minimum absolute atomic E-state index is 0.113. The van der Waals surface area contributed by atoms with Crippen molar-refractivity contribution >= 4 is 69.7 Å². The van der Waals surface area contributed by atoms with Gasteiger partial charge in [-0.25, -0.2) is 4.79 Å². The summed E-state index contributed by atoms with van der Waals surface area (Å²) in [4.78, 5) is 11.9. The third-order valence-electron chi connectivity index (χ3n) is 3.23. The van der Waals surface area contributed by atoms with E-state index in [4.69, 9.17) is 62.7 Å². The molecule has 0 aromatic heterocycles. The highest BCUT2D eigenvalue weighted by Gasteiger charge is 2.36. The average Bonchev–Trinajstić information content (AvgIpc) is 2.52. The van der Waals surface area contributed by atoms with Crippen LogP contribution in [0.3, 0.4) is 0 Å². The van der Waals surface area contributed by atoms with E-state index in [0.29, 0.717) is 5.02 Å². The Balaban J connectivity index is 2.52. The van der Waals surface area contributed by atoms with Crippen molar-refractivity contribution in [2.75, 3.05) is 6.61 Å². The van der Waals surface area contributed by atoms with Crippen molar-refractivity contribution in [2.24, 2.45) is 10.2 Å². The lowest BCUT2D eigenvalue weighted by Crippen LogP contribution is -2.26. The summed E-state index contributed by atoms with van der Waals surface area (Å²) in [5.74, 6) is -0.894. The van der Waals surface area contributed by atoms with Crippen LogP contribution in [0.2, 0.25) is 15.1 Å². The third-order valence-corrected chi connectivity index (χ3v) is 4.49. The summed E-state index contributed by atoms with van der Waals surface area (Å²) in [5.41, 5.74) is 0.113. The normalized spacial score (nSPS) is 11.9. The van der Waals surface area contributed by atoms with Crippen molar-refractivity contribution in [3.05, 3.63) is 27.2 Å². The molecule has 0 saturated carbocycles. The number of halogens is 5. The molecule has 0 amide bonds. The van der Waals surface area contributed by atoms with E-state index in [-0.39, 0.29) is 22.3 Å². The first-order valence-corrected chi connectivity index (χ1v) is 9.79. The molecule has 0 bridgehead atoms. The number of esters is 1. The minimum atomic E-state index is -2.17. The molecular weight excluding hydrogens is 429 g/mol. The zero-order chi connectivity index (χ0) is 18.9. The van der Waals surface area contributed by atoms with E-state index < -0.39 is 10.4 Å². The lowest BCUT2D eigenvalue weighted by Gasteiger charge is -2.12. The second kappa shape index (κ2) is 11.5. The van der Waals surface area contributed by atoms with Gasteiger partial charge in [-0.3, -0.25) is 0 Å². The van der Waals surface area contributed by atoms with Gasteiger partial charge < -0.3 is 4.74 Å². The molecule has 0 aliphatic carbocycles. The molecule has 0 radical (unpaired) electrons. The Labute approximate surface area is 172 Å². The standard InChI is InChI=1S/C16H19Cl5N2O2/c1-2-3-4-5-6-7-8-25-15(24)16(20,21)23-22-14-12(18)9-11(17)10-13(14)19/h9-10H,2-8H2,1H3/b23-22+. The second-order valence-electron chi connectivity index (χ2n) is 5.36. The number of rotatable bonds is 10. The first kappa shape index (κ1) is 22.8. The van der Waals surface area contributed by atoms with Crippen molar-refractivity contribution in [3.8, 4) is 0 Å². The molecule has 9 heteroatoms. The van der Waals surface area contributed by atoms with Gasteiger partial charge in [0, 0.05) is 5.02 Å². The van der Waals surface area contributed by atoms with Gasteiger partial charge in [0.25, 0.3) is 0 Å². The predicted molar refractivity (Wildman–Crippen MR) is 105 cm³/mol. The summed E-state index contributed by atoms with van der Waals surface area (Å²) >= 11 is 29.5. The number of carbonyl (C=O) groups excluding carboxylic acids is 1. The molecule has 0 heterocycles. The Bertz CT molecular complexity index is 585. The van der Waals surface area contributed by atoms with Crippen molar-refractivity contribution in [3.63, 3.8) is 0 Å². The molecule has 0 spiro atoms. The predicted octanol–water partition coefficient (Wildman–Crippen LogP) is 7.77. The minimum Gasteiger partial charge on any atom is -0.462 e. The van der Waals surface area contributed by atoms with Crippen LogP contribution in [0, 0.1) is 0 Å². The highest BCUT2D eigenvalue weighted by molar-refractivity contribution is 6.57. The smallest absolute Gasteiger partial charge is 0.367 e. The van der Waals surface area contributed by atoms with E-state index >= 15 is 0 Å². The molecule has 0 fully saturated rings. The second-order valence-corrected chi connectivity index (χ2v) is 7.90. The van der Waals surface area contributed by atoms with Gasteiger partial charge in [0.2, 0.25) is 0 Å². The van der Waals surface area contributed by atoms with Crippen molar-refractivity contribution in [1.29, 1.82) is 0 Å². The fraction of sp³-hybridized carbons (Fsp3) is 0.562. The monoisotopic (exact) mass is 446 g/mol. The van der Waals surface area contributed by atoms with Crippen LogP contribution in [0.25, 0.3) is 0 Å². The topological polar surface area (TPSA) is 51.0 Å². The van der Waals surface area contributed by atoms with E-state index in [1.807, 2.05) is 0 Å². The fourth-order valence-electron chi connectivity index (χ4n) is 1.92. The van der Waals surface area contributed by atoms with Crippen LogP contribution >= 0.6 is 58.0 Å². The molecule has 0 atom stereocenters. The van der Waals surface area contributed by atoms with E-state index in [1.165, 1.54) is 31.4 Å². The van der Waals surface area contributed by atoms with Crippen LogP contribution in [-0.4, -0.2) is 17.0 Å². The Morgan fingerprint density at radius 1 is 1.04 bits per heavy atom. The number of benzene rings is 1. The van der Waals surface area contributed by atoms with Crippen LogP contribution in [0.4, 0.5) is 5.69 Å². The molecule has 0 saturated heterocycles. The van der Waals surface area contributed by atoms with E-state index in [2.05, 4.69) is 17.2 Å². The number of azo groups is 1. The summed E-state index contributed by atoms with van der Waals surface area (Å²) in [5, 5.41) is 8.00. The van der Waals surface area contributed by atoms with Crippen LogP contribution in [0.15, 0.2) is 22.4 Å². The maximum absolute atomic E-state index is 11.9. The molecule has 4 nitrogen and oxygen atoms in total. The average molecular weight is 449 g/mol. The van der Waals surface area contributed by atoms with Gasteiger partial charge in [-0.05, 0) is 18.6 Å². The quantitative estimate of drug-likeness (QED) is 0.121. The molecule has 1 aromatic carbocycles. The van der Waals surface area contributed by atoms with Crippen molar-refractivity contribution in [1.82, 2.24) is 0 Å². The number of nitrogens with zero attached hydrogens (tertiary/aromatic N) is 2.